The molecular formula is C12H20N2O4. The highest BCUT2D eigenvalue weighted by atomic mass is 17.2. The third-order valence-corrected chi connectivity index (χ3v) is 2.27. The Morgan fingerprint density at radius 1 is 1.17 bits per heavy atom. The fraction of sp³-hybridized carbons (Fsp3) is 0.750. The minimum atomic E-state index is -1.28. The predicted octanol–water partition coefficient (Wildman–Crippen LogP) is 1.82. The molecule has 6 nitrogen and oxygen atoms in total. The molecule has 0 spiro atoms. The quantitative estimate of drug-likeness (QED) is 0.409. The van der Waals surface area contributed by atoms with Gasteiger partial charge in [0, 0.05) is 0 Å². The molecule has 0 N–H and O–H groups in total. The molecule has 0 aromatic rings. The maximum atomic E-state index is 10.3. The molecule has 0 heterocycles. The first-order chi connectivity index (χ1) is 8.60. The first-order valence-electron chi connectivity index (χ1n) is 5.63. The van der Waals surface area contributed by atoms with Gasteiger partial charge in [-0.15, -0.1) is 0 Å². The molecule has 6 heteroatoms. The van der Waals surface area contributed by atoms with Crippen molar-refractivity contribution in [2.75, 3.05) is 20.8 Å². The van der Waals surface area contributed by atoms with E-state index in [2.05, 4.69) is 23.5 Å². The number of methoxy groups -OCH3 is 1. The minimum absolute atomic E-state index is 0.657. The number of hydrogen-bond donors (Lipinski definition) is 0. The van der Waals surface area contributed by atoms with Gasteiger partial charge in [-0.25, -0.2) is 14.6 Å². The van der Waals surface area contributed by atoms with Crippen molar-refractivity contribution < 1.29 is 19.3 Å². The van der Waals surface area contributed by atoms with Crippen LogP contribution in [0.1, 0.15) is 26.7 Å². The van der Waals surface area contributed by atoms with Crippen LogP contribution in [0, 0.1) is 34.5 Å². The van der Waals surface area contributed by atoms with Crippen molar-refractivity contribution in [1.29, 1.82) is 10.5 Å². The van der Waals surface area contributed by atoms with Crippen LogP contribution in [-0.4, -0.2) is 26.8 Å². The van der Waals surface area contributed by atoms with Gasteiger partial charge in [0.1, 0.15) is 0 Å². The van der Waals surface area contributed by atoms with Crippen molar-refractivity contribution in [1.82, 2.24) is 0 Å². The second kappa shape index (κ2) is 13.4. The van der Waals surface area contributed by atoms with Crippen LogP contribution in [0.25, 0.3) is 0 Å². The Balaban J connectivity index is 0. The van der Waals surface area contributed by atoms with Crippen LogP contribution in [0.4, 0.5) is 0 Å². The van der Waals surface area contributed by atoms with Crippen LogP contribution >= 0.6 is 0 Å². The molecular weight excluding hydrogens is 236 g/mol. The predicted molar refractivity (Wildman–Crippen MR) is 63.8 cm³/mol. The average Bonchev–Trinajstić information content (AvgIpc) is 2.42. The van der Waals surface area contributed by atoms with Gasteiger partial charge in [-0.3, -0.25) is 0 Å². The van der Waals surface area contributed by atoms with Crippen molar-refractivity contribution in [3.8, 4) is 12.1 Å². The molecule has 0 rings (SSSR count). The zero-order valence-corrected chi connectivity index (χ0v) is 11.3. The monoisotopic (exact) mass is 256 g/mol. The van der Waals surface area contributed by atoms with E-state index < -0.39 is 11.9 Å². The van der Waals surface area contributed by atoms with Crippen molar-refractivity contribution in [3.05, 3.63) is 0 Å². The fourth-order valence-electron chi connectivity index (χ4n) is 0.941. The molecule has 0 aliphatic rings. The molecule has 0 atom stereocenters. The van der Waals surface area contributed by atoms with E-state index in [0.717, 1.165) is 13.7 Å². The summed E-state index contributed by atoms with van der Waals surface area (Å²) in [5.41, 5.74) is 0. The van der Waals surface area contributed by atoms with Crippen molar-refractivity contribution in [3.63, 3.8) is 0 Å². The third-order valence-electron chi connectivity index (χ3n) is 2.27. The second-order valence-corrected chi connectivity index (χ2v) is 3.35. The van der Waals surface area contributed by atoms with Gasteiger partial charge in [0.05, 0.1) is 33.0 Å². The molecule has 102 valence electrons. The van der Waals surface area contributed by atoms with E-state index in [1.165, 1.54) is 25.0 Å². The lowest BCUT2D eigenvalue weighted by Gasteiger charge is -2.09. The Morgan fingerprint density at radius 3 is 1.89 bits per heavy atom. The van der Waals surface area contributed by atoms with Crippen LogP contribution in [0.5, 0.6) is 0 Å². The summed E-state index contributed by atoms with van der Waals surface area (Å²) in [5, 5.41) is 16.1. The normalized spacial score (nSPS) is 9.11. The lowest BCUT2D eigenvalue weighted by Crippen LogP contribution is -2.11. The number of nitrogens with zero attached hydrogens (tertiary/aromatic N) is 2. The Bertz CT molecular complexity index is 275. The maximum Gasteiger partial charge on any atom is 0.337 e. The highest BCUT2D eigenvalue weighted by Crippen LogP contribution is 2.06. The van der Waals surface area contributed by atoms with Gasteiger partial charge in [0.2, 0.25) is 5.92 Å². The van der Waals surface area contributed by atoms with Gasteiger partial charge in [0.15, 0.2) is 0 Å². The smallest absolute Gasteiger partial charge is 0.337 e. The van der Waals surface area contributed by atoms with Gasteiger partial charge in [-0.1, -0.05) is 26.7 Å². The van der Waals surface area contributed by atoms with Gasteiger partial charge in [-0.05, 0) is 5.92 Å². The molecule has 0 bridgehead atoms. The summed E-state index contributed by atoms with van der Waals surface area (Å²) in [5.74, 6) is -1.43. The van der Waals surface area contributed by atoms with Gasteiger partial charge < -0.3 is 4.74 Å². The van der Waals surface area contributed by atoms with Gasteiger partial charge >= 0.3 is 5.97 Å². The van der Waals surface area contributed by atoms with Crippen molar-refractivity contribution in [2.24, 2.45) is 11.8 Å². The second-order valence-electron chi connectivity index (χ2n) is 3.35. The Kier molecular flexibility index (Phi) is 14.0. The van der Waals surface area contributed by atoms with Crippen molar-refractivity contribution in [2.45, 2.75) is 26.7 Å². The number of nitriles is 2. The van der Waals surface area contributed by atoms with Crippen LogP contribution in [-0.2, 0) is 19.3 Å². The molecule has 0 aliphatic heterocycles. The standard InChI is InChI=1S/C7H16O2.C5H4N2O2/c1-4-7(5-2)6-9-8-3;1-9-5(8)4(2-6)3-7/h7H,4-6H2,1-3H3;4H,1H3. The summed E-state index contributed by atoms with van der Waals surface area (Å²) in [6.45, 7) is 5.05. The Hall–Kier alpha value is -1.63. The van der Waals surface area contributed by atoms with Crippen LogP contribution in [0.3, 0.4) is 0 Å². The SMILES string of the molecule is CCC(CC)COOC.COC(=O)C(C#N)C#N. The molecule has 0 amide bonds. The first kappa shape index (κ1) is 18.7. The molecule has 0 aliphatic carbocycles. The van der Waals surface area contributed by atoms with Gasteiger partial charge in [-0.2, -0.15) is 10.5 Å². The van der Waals surface area contributed by atoms with E-state index in [0.29, 0.717) is 5.92 Å². The highest BCUT2D eigenvalue weighted by molar-refractivity contribution is 5.77. The molecule has 0 aromatic heterocycles. The largest absolute Gasteiger partial charge is 0.467 e. The Labute approximate surface area is 108 Å². The number of hydrogen-bond acceptors (Lipinski definition) is 6. The lowest BCUT2D eigenvalue weighted by molar-refractivity contribution is -0.280. The summed E-state index contributed by atoms with van der Waals surface area (Å²) < 4.78 is 4.11. The summed E-state index contributed by atoms with van der Waals surface area (Å²) in [6.07, 6.45) is 2.33. The van der Waals surface area contributed by atoms with Gasteiger partial charge in [0.25, 0.3) is 0 Å². The molecule has 0 fully saturated rings. The summed E-state index contributed by atoms with van der Waals surface area (Å²) >= 11 is 0. The van der Waals surface area contributed by atoms with E-state index in [1.807, 2.05) is 0 Å². The van der Waals surface area contributed by atoms with Crippen LogP contribution < -0.4 is 0 Å². The summed E-state index contributed by atoms with van der Waals surface area (Å²) in [6, 6.07) is 2.93. The zero-order valence-electron chi connectivity index (χ0n) is 11.3. The Morgan fingerprint density at radius 2 is 1.67 bits per heavy atom. The van der Waals surface area contributed by atoms with E-state index in [4.69, 9.17) is 15.4 Å². The number of esters is 1. The number of carbonyl (C=O) groups is 1. The van der Waals surface area contributed by atoms with E-state index in [-0.39, 0.29) is 0 Å². The molecule has 0 radical (unpaired) electrons. The number of ether oxygens (including phenoxy) is 1. The first-order valence-corrected chi connectivity index (χ1v) is 5.63. The number of carbonyl (C=O) groups excluding carboxylic acids is 1. The van der Waals surface area contributed by atoms with Crippen LogP contribution in [0.15, 0.2) is 0 Å². The topological polar surface area (TPSA) is 92.3 Å². The molecule has 0 aromatic carbocycles. The molecule has 0 saturated heterocycles. The molecule has 0 unspecified atom stereocenters. The average molecular weight is 256 g/mol. The minimum Gasteiger partial charge on any atom is -0.467 e. The summed E-state index contributed by atoms with van der Waals surface area (Å²) in [4.78, 5) is 19.6. The fourth-order valence-corrected chi connectivity index (χ4v) is 0.941. The van der Waals surface area contributed by atoms with Crippen LogP contribution in [0.2, 0.25) is 0 Å². The lowest BCUT2D eigenvalue weighted by atomic mass is 10.1. The van der Waals surface area contributed by atoms with E-state index in [1.54, 1.807) is 7.11 Å². The van der Waals surface area contributed by atoms with E-state index in [9.17, 15) is 4.79 Å². The molecule has 0 saturated carbocycles. The zero-order chi connectivity index (χ0) is 14.4. The van der Waals surface area contributed by atoms with E-state index >= 15 is 0 Å². The number of rotatable bonds is 6. The highest BCUT2D eigenvalue weighted by Gasteiger charge is 2.16. The van der Waals surface area contributed by atoms with Crippen molar-refractivity contribution >= 4 is 5.97 Å². The summed E-state index contributed by atoms with van der Waals surface area (Å²) in [7, 11) is 2.67. The third kappa shape index (κ3) is 9.59. The molecule has 18 heavy (non-hydrogen) atoms. The maximum absolute atomic E-state index is 10.3.